The van der Waals surface area contributed by atoms with E-state index in [0.717, 1.165) is 43.3 Å². The van der Waals surface area contributed by atoms with E-state index < -0.39 is 5.97 Å². The van der Waals surface area contributed by atoms with Crippen molar-refractivity contribution in [2.24, 2.45) is 0 Å². The molecule has 4 heteroatoms. The first-order valence-electron chi connectivity index (χ1n) is 10.5. The van der Waals surface area contributed by atoms with Gasteiger partial charge in [0, 0.05) is 19.0 Å². The normalized spacial score (nSPS) is 19.0. The Bertz CT molecular complexity index is 828. The molecule has 0 atom stereocenters. The molecule has 0 spiro atoms. The van der Waals surface area contributed by atoms with Gasteiger partial charge in [0.05, 0.1) is 12.2 Å². The van der Waals surface area contributed by atoms with E-state index in [4.69, 9.17) is 4.74 Å². The van der Waals surface area contributed by atoms with Crippen molar-refractivity contribution < 1.29 is 14.6 Å². The van der Waals surface area contributed by atoms with E-state index in [-0.39, 0.29) is 0 Å². The summed E-state index contributed by atoms with van der Waals surface area (Å²) in [5.74, 6) is -0.0874. The zero-order chi connectivity index (χ0) is 19.3. The number of hydrogen-bond acceptors (Lipinski definition) is 3. The highest BCUT2D eigenvalue weighted by molar-refractivity contribution is 5.88. The van der Waals surface area contributed by atoms with E-state index in [1.54, 1.807) is 12.1 Å². The summed E-state index contributed by atoms with van der Waals surface area (Å²) >= 11 is 0. The third kappa shape index (κ3) is 4.56. The number of nitrogens with zero attached hydrogens (tertiary/aromatic N) is 1. The van der Waals surface area contributed by atoms with Crippen LogP contribution in [0.25, 0.3) is 0 Å². The van der Waals surface area contributed by atoms with Crippen LogP contribution >= 0.6 is 0 Å². The summed E-state index contributed by atoms with van der Waals surface area (Å²) in [6.45, 7) is 2.85. The molecule has 4 nitrogen and oxygen atoms in total. The molecule has 2 aromatic carbocycles. The number of benzene rings is 2. The van der Waals surface area contributed by atoms with Crippen molar-refractivity contribution >= 4 is 5.97 Å². The largest absolute Gasteiger partial charge is 0.493 e. The third-order valence-electron chi connectivity index (χ3n) is 6.02. The topological polar surface area (TPSA) is 49.8 Å². The molecule has 0 unspecified atom stereocenters. The molecule has 1 aliphatic heterocycles. The fourth-order valence-electron chi connectivity index (χ4n) is 4.20. The van der Waals surface area contributed by atoms with E-state index in [1.165, 1.54) is 36.8 Å². The highest BCUT2D eigenvalue weighted by Gasteiger charge is 2.24. The summed E-state index contributed by atoms with van der Waals surface area (Å²) in [5, 5.41) is 9.37. The van der Waals surface area contributed by atoms with Crippen molar-refractivity contribution in [3.8, 4) is 5.75 Å². The van der Waals surface area contributed by atoms with Gasteiger partial charge < -0.3 is 9.84 Å². The van der Waals surface area contributed by atoms with Gasteiger partial charge in [0.1, 0.15) is 5.75 Å². The number of hydrogen-bond donors (Lipinski definition) is 1. The minimum Gasteiger partial charge on any atom is -0.493 e. The number of fused-ring (bicyclic) bond motifs is 3. The zero-order valence-corrected chi connectivity index (χ0v) is 16.4. The first-order chi connectivity index (χ1) is 13.7. The number of carboxylic acid groups (broad SMARTS) is 1. The first kappa shape index (κ1) is 19.0. The molecule has 1 aliphatic carbocycles. The van der Waals surface area contributed by atoms with Crippen LogP contribution in [0, 0.1) is 0 Å². The second-order valence-corrected chi connectivity index (χ2v) is 8.09. The smallest absolute Gasteiger partial charge is 0.335 e. The summed E-state index contributed by atoms with van der Waals surface area (Å²) in [7, 11) is 0. The number of carbonyl (C=O) groups is 1. The average Bonchev–Trinajstić information content (AvgIpc) is 2.63. The quantitative estimate of drug-likeness (QED) is 0.807. The van der Waals surface area contributed by atoms with Gasteiger partial charge >= 0.3 is 5.97 Å². The molecular formula is C24H29NO3. The zero-order valence-electron chi connectivity index (χ0n) is 16.4. The SMILES string of the molecule is O=C(O)c1ccc2c(c1)Cc1cccc(c1)CN(C1CCC1)CCCCCO2. The summed E-state index contributed by atoms with van der Waals surface area (Å²) in [4.78, 5) is 14.1. The van der Waals surface area contributed by atoms with Crippen LogP contribution in [-0.4, -0.2) is 35.2 Å². The van der Waals surface area contributed by atoms with Crippen LogP contribution in [0.15, 0.2) is 42.5 Å². The lowest BCUT2D eigenvalue weighted by Crippen LogP contribution is -2.40. The van der Waals surface area contributed by atoms with Gasteiger partial charge in [-0.25, -0.2) is 4.79 Å². The predicted molar refractivity (Wildman–Crippen MR) is 110 cm³/mol. The minimum atomic E-state index is -0.896. The predicted octanol–water partition coefficient (Wildman–Crippen LogP) is 4.89. The molecule has 1 fully saturated rings. The van der Waals surface area contributed by atoms with E-state index in [0.29, 0.717) is 18.6 Å². The Kier molecular flexibility index (Phi) is 5.96. The van der Waals surface area contributed by atoms with Gasteiger partial charge in [0.15, 0.2) is 0 Å². The van der Waals surface area contributed by atoms with Crippen molar-refractivity contribution in [3.63, 3.8) is 0 Å². The highest BCUT2D eigenvalue weighted by atomic mass is 16.5. The third-order valence-corrected chi connectivity index (χ3v) is 6.02. The maximum Gasteiger partial charge on any atom is 0.335 e. The lowest BCUT2D eigenvalue weighted by atomic mass is 9.90. The lowest BCUT2D eigenvalue weighted by Gasteiger charge is -2.38. The molecule has 148 valence electrons. The van der Waals surface area contributed by atoms with Crippen molar-refractivity contribution in [1.29, 1.82) is 0 Å². The van der Waals surface area contributed by atoms with Gasteiger partial charge in [0.25, 0.3) is 0 Å². The molecule has 28 heavy (non-hydrogen) atoms. The minimum absolute atomic E-state index is 0.316. The van der Waals surface area contributed by atoms with Crippen LogP contribution < -0.4 is 4.74 Å². The van der Waals surface area contributed by atoms with Gasteiger partial charge in [-0.15, -0.1) is 0 Å². The molecule has 2 aromatic rings. The maximum absolute atomic E-state index is 11.4. The summed E-state index contributed by atoms with van der Waals surface area (Å²) in [5.41, 5.74) is 3.81. The molecule has 0 radical (unpaired) electrons. The van der Waals surface area contributed by atoms with Crippen molar-refractivity contribution in [2.45, 2.75) is 57.5 Å². The van der Waals surface area contributed by atoms with Crippen LogP contribution in [0.1, 0.15) is 65.6 Å². The van der Waals surface area contributed by atoms with Gasteiger partial charge in [-0.2, -0.15) is 0 Å². The molecule has 4 rings (SSSR count). The fraction of sp³-hybridized carbons (Fsp3) is 0.458. The van der Waals surface area contributed by atoms with E-state index >= 15 is 0 Å². The van der Waals surface area contributed by atoms with Crippen LogP contribution in [0.5, 0.6) is 5.75 Å². The Balaban J connectivity index is 1.62. The Labute approximate surface area is 167 Å². The van der Waals surface area contributed by atoms with Crippen LogP contribution in [0.3, 0.4) is 0 Å². The van der Waals surface area contributed by atoms with Gasteiger partial charge in [-0.05, 0) is 73.5 Å². The maximum atomic E-state index is 11.4. The number of carboxylic acids is 1. The van der Waals surface area contributed by atoms with E-state index in [2.05, 4.69) is 29.2 Å². The van der Waals surface area contributed by atoms with Gasteiger partial charge in [0.2, 0.25) is 0 Å². The molecule has 1 N–H and O–H groups in total. The first-order valence-corrected chi connectivity index (χ1v) is 10.5. The molecule has 1 saturated carbocycles. The molecular weight excluding hydrogens is 350 g/mol. The molecule has 1 heterocycles. The molecule has 0 aromatic heterocycles. The molecule has 2 aliphatic rings. The van der Waals surface area contributed by atoms with Crippen molar-refractivity contribution in [1.82, 2.24) is 4.90 Å². The Morgan fingerprint density at radius 3 is 2.64 bits per heavy atom. The van der Waals surface area contributed by atoms with Crippen LogP contribution in [-0.2, 0) is 13.0 Å². The average molecular weight is 380 g/mol. The van der Waals surface area contributed by atoms with Gasteiger partial charge in [-0.3, -0.25) is 4.90 Å². The summed E-state index contributed by atoms with van der Waals surface area (Å²) < 4.78 is 6.04. The number of rotatable bonds is 2. The summed E-state index contributed by atoms with van der Waals surface area (Å²) in [6.07, 6.45) is 8.09. The Morgan fingerprint density at radius 1 is 1.00 bits per heavy atom. The van der Waals surface area contributed by atoms with E-state index in [9.17, 15) is 9.90 Å². The second kappa shape index (κ2) is 8.78. The van der Waals surface area contributed by atoms with E-state index in [1.807, 2.05) is 6.07 Å². The fourth-order valence-corrected chi connectivity index (χ4v) is 4.20. The molecule has 0 amide bonds. The lowest BCUT2D eigenvalue weighted by molar-refractivity contribution is 0.0696. The van der Waals surface area contributed by atoms with Crippen molar-refractivity contribution in [3.05, 3.63) is 64.7 Å². The highest BCUT2D eigenvalue weighted by Crippen LogP contribution is 2.28. The standard InChI is InChI=1S/C24H29NO3/c26-24(27)20-10-11-23-21(16-20)15-18-6-4-7-19(14-18)17-25(22-8-5-9-22)12-2-1-3-13-28-23/h4,6-7,10-11,14,16,22H,1-3,5,8-9,12-13,15,17H2,(H,26,27). The van der Waals surface area contributed by atoms with Crippen LogP contribution in [0.4, 0.5) is 0 Å². The van der Waals surface area contributed by atoms with Crippen molar-refractivity contribution in [2.75, 3.05) is 13.2 Å². The molecule has 0 saturated heterocycles. The molecule has 2 bridgehead atoms. The monoisotopic (exact) mass is 379 g/mol. The second-order valence-electron chi connectivity index (χ2n) is 8.09. The van der Waals surface area contributed by atoms with Gasteiger partial charge in [-0.1, -0.05) is 30.7 Å². The number of ether oxygens (including phenoxy) is 1. The Hall–Kier alpha value is -2.33. The number of aromatic carboxylic acids is 1. The summed E-state index contributed by atoms with van der Waals surface area (Å²) in [6, 6.07) is 14.7. The Morgan fingerprint density at radius 2 is 1.86 bits per heavy atom. The van der Waals surface area contributed by atoms with Crippen LogP contribution in [0.2, 0.25) is 0 Å².